The molecule has 3 rings (SSSR count). The lowest BCUT2D eigenvalue weighted by Gasteiger charge is -2.30. The second kappa shape index (κ2) is 6.44. The molecule has 0 unspecified atom stereocenters. The maximum absolute atomic E-state index is 12.6. The van der Waals surface area contributed by atoms with Gasteiger partial charge in [-0.15, -0.1) is 11.8 Å². The summed E-state index contributed by atoms with van der Waals surface area (Å²) in [6.07, 6.45) is 0.922. The fourth-order valence-electron chi connectivity index (χ4n) is 2.75. The van der Waals surface area contributed by atoms with Gasteiger partial charge in [-0.2, -0.15) is 0 Å². The molecule has 1 N–H and O–H groups in total. The minimum Gasteiger partial charge on any atom is -0.508 e. The van der Waals surface area contributed by atoms with Gasteiger partial charge < -0.3 is 10.0 Å². The molecule has 114 valence electrons. The number of fused-ring (bicyclic) bond motifs is 1. The van der Waals surface area contributed by atoms with Crippen molar-refractivity contribution in [3.8, 4) is 5.75 Å². The average Bonchev–Trinajstić information content (AvgIpc) is 2.53. The van der Waals surface area contributed by atoms with E-state index in [9.17, 15) is 9.90 Å². The number of phenolic OH excluding ortho intramolecular Hbond substituents is 1. The molecule has 1 amide bonds. The van der Waals surface area contributed by atoms with Crippen LogP contribution in [0.3, 0.4) is 0 Å². The molecule has 0 bridgehead atoms. The molecule has 1 heterocycles. The van der Waals surface area contributed by atoms with Crippen LogP contribution in [-0.2, 0) is 17.8 Å². The highest BCUT2D eigenvalue weighted by atomic mass is 32.2. The van der Waals surface area contributed by atoms with Crippen LogP contribution >= 0.6 is 11.8 Å². The Labute approximate surface area is 135 Å². The highest BCUT2D eigenvalue weighted by molar-refractivity contribution is 8.00. The standard InChI is InChI=1S/C18H19NO2S/c1-13(22-17-8-4-7-16(20)11-17)18(21)19-10-9-14-5-2-3-6-15(14)12-19/h2-8,11,13,20H,9-10,12H2,1H3/t13-/m0/s1. The van der Waals surface area contributed by atoms with Crippen molar-refractivity contribution in [2.75, 3.05) is 6.54 Å². The molecule has 0 radical (unpaired) electrons. The van der Waals surface area contributed by atoms with Crippen molar-refractivity contribution in [1.82, 2.24) is 4.90 Å². The van der Waals surface area contributed by atoms with Crippen LogP contribution in [0.1, 0.15) is 18.1 Å². The van der Waals surface area contributed by atoms with Gasteiger partial charge in [0.05, 0.1) is 5.25 Å². The first-order valence-corrected chi connectivity index (χ1v) is 8.33. The molecule has 0 aromatic heterocycles. The molecule has 1 aliphatic heterocycles. The summed E-state index contributed by atoms with van der Waals surface area (Å²) in [6.45, 7) is 3.40. The van der Waals surface area contributed by atoms with Gasteiger partial charge in [-0.3, -0.25) is 4.79 Å². The summed E-state index contributed by atoms with van der Waals surface area (Å²) in [4.78, 5) is 15.5. The first-order chi connectivity index (χ1) is 10.6. The van der Waals surface area contributed by atoms with Gasteiger partial charge in [0.15, 0.2) is 0 Å². The zero-order valence-electron chi connectivity index (χ0n) is 12.5. The summed E-state index contributed by atoms with van der Waals surface area (Å²) in [7, 11) is 0. The summed E-state index contributed by atoms with van der Waals surface area (Å²) < 4.78 is 0. The lowest BCUT2D eigenvalue weighted by molar-refractivity contribution is -0.131. The number of phenols is 1. The molecule has 1 atom stereocenters. The Hall–Kier alpha value is -1.94. The molecule has 2 aromatic rings. The van der Waals surface area contributed by atoms with Crippen LogP contribution in [0.5, 0.6) is 5.75 Å². The third-order valence-corrected chi connectivity index (χ3v) is 5.00. The number of aromatic hydroxyl groups is 1. The van der Waals surface area contributed by atoms with Crippen LogP contribution in [-0.4, -0.2) is 27.7 Å². The van der Waals surface area contributed by atoms with Gasteiger partial charge in [0.2, 0.25) is 5.91 Å². The molecule has 2 aromatic carbocycles. The zero-order chi connectivity index (χ0) is 15.5. The predicted molar refractivity (Wildman–Crippen MR) is 89.0 cm³/mol. The van der Waals surface area contributed by atoms with Gasteiger partial charge in [-0.25, -0.2) is 0 Å². The predicted octanol–water partition coefficient (Wildman–Crippen LogP) is 3.46. The SMILES string of the molecule is C[C@H](Sc1cccc(O)c1)C(=O)N1CCc2ccccc2C1. The highest BCUT2D eigenvalue weighted by Crippen LogP contribution is 2.28. The molecule has 1 aliphatic rings. The number of thioether (sulfide) groups is 1. The summed E-state index contributed by atoms with van der Waals surface area (Å²) in [5, 5.41) is 9.35. The number of amides is 1. The van der Waals surface area contributed by atoms with Crippen LogP contribution < -0.4 is 0 Å². The van der Waals surface area contributed by atoms with Crippen molar-refractivity contribution < 1.29 is 9.90 Å². The molecule has 4 heteroatoms. The van der Waals surface area contributed by atoms with E-state index < -0.39 is 0 Å². The molecule has 0 aliphatic carbocycles. The second-order valence-corrected chi connectivity index (χ2v) is 6.95. The third-order valence-electron chi connectivity index (χ3n) is 3.92. The van der Waals surface area contributed by atoms with E-state index in [0.717, 1.165) is 17.9 Å². The Morgan fingerprint density at radius 3 is 2.73 bits per heavy atom. The maximum Gasteiger partial charge on any atom is 0.236 e. The highest BCUT2D eigenvalue weighted by Gasteiger charge is 2.25. The number of nitrogens with zero attached hydrogens (tertiary/aromatic N) is 1. The number of rotatable bonds is 3. The van der Waals surface area contributed by atoms with Crippen molar-refractivity contribution in [1.29, 1.82) is 0 Å². The lowest BCUT2D eigenvalue weighted by Crippen LogP contribution is -2.40. The quantitative estimate of drug-likeness (QED) is 0.882. The number of carbonyl (C=O) groups excluding carboxylic acids is 1. The van der Waals surface area contributed by atoms with Gasteiger partial charge in [0.25, 0.3) is 0 Å². The Kier molecular flexibility index (Phi) is 4.39. The van der Waals surface area contributed by atoms with Crippen molar-refractivity contribution >= 4 is 17.7 Å². The summed E-state index contributed by atoms with van der Waals surface area (Å²) in [5.74, 6) is 0.388. The Morgan fingerprint density at radius 1 is 1.18 bits per heavy atom. The van der Waals surface area contributed by atoms with Gasteiger partial charge in [-0.1, -0.05) is 30.3 Å². The van der Waals surface area contributed by atoms with E-state index in [1.54, 1.807) is 18.2 Å². The summed E-state index contributed by atoms with van der Waals surface area (Å²) >= 11 is 1.49. The number of hydrogen-bond acceptors (Lipinski definition) is 3. The Balaban J connectivity index is 1.67. The summed E-state index contributed by atoms with van der Waals surface area (Å²) in [5.41, 5.74) is 2.59. The number of hydrogen-bond donors (Lipinski definition) is 1. The molecule has 22 heavy (non-hydrogen) atoms. The van der Waals surface area contributed by atoms with Crippen molar-refractivity contribution in [2.24, 2.45) is 0 Å². The topological polar surface area (TPSA) is 40.5 Å². The van der Waals surface area contributed by atoms with E-state index in [-0.39, 0.29) is 16.9 Å². The molecular formula is C18H19NO2S. The van der Waals surface area contributed by atoms with Gasteiger partial charge in [-0.05, 0) is 42.7 Å². The summed E-state index contributed by atoms with van der Waals surface area (Å²) in [6, 6.07) is 15.4. The van der Waals surface area contributed by atoms with Crippen LogP contribution in [0.15, 0.2) is 53.4 Å². The van der Waals surface area contributed by atoms with Crippen molar-refractivity contribution in [3.05, 3.63) is 59.7 Å². The van der Waals surface area contributed by atoms with E-state index in [0.29, 0.717) is 6.54 Å². The van der Waals surface area contributed by atoms with E-state index in [4.69, 9.17) is 0 Å². The minimum absolute atomic E-state index is 0.155. The first kappa shape index (κ1) is 15.0. The third kappa shape index (κ3) is 3.28. The van der Waals surface area contributed by atoms with Crippen molar-refractivity contribution in [3.63, 3.8) is 0 Å². The monoisotopic (exact) mass is 313 g/mol. The molecule has 3 nitrogen and oxygen atoms in total. The molecule has 0 spiro atoms. The van der Waals surface area contributed by atoms with Gasteiger partial charge in [0, 0.05) is 18.0 Å². The Bertz CT molecular complexity index is 686. The van der Waals surface area contributed by atoms with E-state index in [2.05, 4.69) is 18.2 Å². The maximum atomic E-state index is 12.6. The molecule has 0 saturated carbocycles. The fraction of sp³-hybridized carbons (Fsp3) is 0.278. The van der Waals surface area contributed by atoms with Crippen LogP contribution in [0.4, 0.5) is 0 Å². The molecule has 0 fully saturated rings. The van der Waals surface area contributed by atoms with Crippen molar-refractivity contribution in [2.45, 2.75) is 30.0 Å². The second-order valence-electron chi connectivity index (χ2n) is 5.54. The van der Waals surface area contributed by atoms with E-state index in [1.807, 2.05) is 24.0 Å². The molecular weight excluding hydrogens is 294 g/mol. The minimum atomic E-state index is -0.160. The number of benzene rings is 2. The normalized spacial score (nSPS) is 15.2. The van der Waals surface area contributed by atoms with Crippen LogP contribution in [0, 0.1) is 0 Å². The fourth-order valence-corrected chi connectivity index (χ4v) is 3.76. The first-order valence-electron chi connectivity index (χ1n) is 7.45. The van der Waals surface area contributed by atoms with Gasteiger partial charge >= 0.3 is 0 Å². The van der Waals surface area contributed by atoms with Crippen LogP contribution in [0.2, 0.25) is 0 Å². The van der Waals surface area contributed by atoms with Gasteiger partial charge in [0.1, 0.15) is 5.75 Å². The molecule has 0 saturated heterocycles. The number of carbonyl (C=O) groups is 1. The largest absolute Gasteiger partial charge is 0.508 e. The van der Waals surface area contributed by atoms with Crippen LogP contribution in [0.25, 0.3) is 0 Å². The zero-order valence-corrected chi connectivity index (χ0v) is 13.3. The van der Waals surface area contributed by atoms with E-state index >= 15 is 0 Å². The average molecular weight is 313 g/mol. The smallest absolute Gasteiger partial charge is 0.236 e. The Morgan fingerprint density at radius 2 is 1.95 bits per heavy atom. The van der Waals surface area contributed by atoms with E-state index in [1.165, 1.54) is 22.9 Å². The lowest BCUT2D eigenvalue weighted by atomic mass is 10.00.